The maximum absolute atomic E-state index is 6.08. The van der Waals surface area contributed by atoms with Crippen molar-refractivity contribution in [3.63, 3.8) is 0 Å². The largest absolute Gasteiger partial charge is 0.126 e. The van der Waals surface area contributed by atoms with Gasteiger partial charge in [-0.2, -0.15) is 0 Å². The molecule has 4 unspecified atom stereocenters. The highest BCUT2D eigenvalue weighted by Gasteiger charge is 2.35. The fraction of sp³-hybridized carbons (Fsp3) is 0.857. The molecule has 0 fully saturated rings. The number of allylic oxidation sites excluding steroid dienone is 2. The van der Waals surface area contributed by atoms with E-state index in [4.69, 9.17) is 46.4 Å². The van der Waals surface area contributed by atoms with Gasteiger partial charge in [0.05, 0.1) is 0 Å². The summed E-state index contributed by atoms with van der Waals surface area (Å²) in [5, 5.41) is 0. The van der Waals surface area contributed by atoms with Gasteiger partial charge in [0.2, 0.25) is 0 Å². The first-order valence-corrected chi connectivity index (χ1v) is 8.80. The molecule has 0 saturated heterocycles. The zero-order chi connectivity index (χ0) is 13.1. The second kappa shape index (κ2) is 7.07. The van der Waals surface area contributed by atoms with Crippen molar-refractivity contribution in [2.45, 2.75) is 25.7 Å². The van der Waals surface area contributed by atoms with Crippen LogP contribution in [0.3, 0.4) is 0 Å². The van der Waals surface area contributed by atoms with E-state index < -0.39 is 0 Å². The maximum atomic E-state index is 6.08. The fourth-order valence-electron chi connectivity index (χ4n) is 3.40. The normalized spacial score (nSPS) is 36.7. The van der Waals surface area contributed by atoms with Crippen LogP contribution in [0.4, 0.5) is 0 Å². The Balaban J connectivity index is 2.14. The Labute approximate surface area is 130 Å². The van der Waals surface area contributed by atoms with Gasteiger partial charge >= 0.3 is 0 Å². The van der Waals surface area contributed by atoms with Crippen molar-refractivity contribution in [3.05, 3.63) is 11.1 Å². The van der Waals surface area contributed by atoms with Crippen molar-refractivity contribution < 1.29 is 0 Å². The molecule has 4 heteroatoms. The first-order valence-electron chi connectivity index (χ1n) is 6.67. The number of halogens is 4. The lowest BCUT2D eigenvalue weighted by molar-refractivity contribution is 0.291. The van der Waals surface area contributed by atoms with Crippen molar-refractivity contribution in [1.29, 1.82) is 0 Å². The molecule has 0 heterocycles. The predicted octanol–water partition coefficient (Wildman–Crippen LogP) is 5.29. The minimum Gasteiger partial charge on any atom is -0.126 e. The first kappa shape index (κ1) is 15.3. The SMILES string of the molecule is ClCC1CC2=C(CC1CCl)CC(CCl)C(CCl)C2. The van der Waals surface area contributed by atoms with E-state index in [9.17, 15) is 0 Å². The lowest BCUT2D eigenvalue weighted by Gasteiger charge is -2.40. The van der Waals surface area contributed by atoms with Gasteiger partial charge in [0.15, 0.2) is 0 Å². The highest BCUT2D eigenvalue weighted by atomic mass is 35.5. The Morgan fingerprint density at radius 3 is 0.944 bits per heavy atom. The van der Waals surface area contributed by atoms with Gasteiger partial charge in [0, 0.05) is 23.5 Å². The Bertz CT molecular complexity index is 255. The van der Waals surface area contributed by atoms with Crippen LogP contribution in [-0.4, -0.2) is 23.5 Å². The second-order valence-corrected chi connectivity index (χ2v) is 6.92. The molecule has 2 aliphatic carbocycles. The Morgan fingerprint density at radius 2 is 0.778 bits per heavy atom. The van der Waals surface area contributed by atoms with Gasteiger partial charge in [-0.15, -0.1) is 46.4 Å². The lowest BCUT2D eigenvalue weighted by Crippen LogP contribution is -2.31. The molecule has 0 aromatic carbocycles. The van der Waals surface area contributed by atoms with Gasteiger partial charge in [-0.25, -0.2) is 0 Å². The summed E-state index contributed by atoms with van der Waals surface area (Å²) in [5.41, 5.74) is 3.21. The van der Waals surface area contributed by atoms with E-state index in [1.54, 1.807) is 11.1 Å². The van der Waals surface area contributed by atoms with Crippen LogP contribution in [0.2, 0.25) is 0 Å². The van der Waals surface area contributed by atoms with Crippen LogP contribution in [-0.2, 0) is 0 Å². The number of alkyl halides is 4. The summed E-state index contributed by atoms with van der Waals surface area (Å²) < 4.78 is 0. The molecule has 0 radical (unpaired) electrons. The smallest absolute Gasteiger partial charge is 0.0258 e. The Morgan fingerprint density at radius 1 is 0.556 bits per heavy atom. The quantitative estimate of drug-likeness (QED) is 0.485. The molecule has 0 N–H and O–H groups in total. The average molecular weight is 330 g/mol. The van der Waals surface area contributed by atoms with Crippen molar-refractivity contribution in [2.24, 2.45) is 23.7 Å². The third kappa shape index (κ3) is 3.14. The molecule has 0 bridgehead atoms. The molecule has 0 aliphatic heterocycles. The van der Waals surface area contributed by atoms with Crippen molar-refractivity contribution in [2.75, 3.05) is 23.5 Å². The summed E-state index contributed by atoms with van der Waals surface area (Å²) in [7, 11) is 0. The highest BCUT2D eigenvalue weighted by molar-refractivity contribution is 6.19. The number of rotatable bonds is 4. The summed E-state index contributed by atoms with van der Waals surface area (Å²) in [4.78, 5) is 0. The minimum atomic E-state index is 0.548. The molecule has 0 amide bonds. The van der Waals surface area contributed by atoms with E-state index in [1.165, 1.54) is 0 Å². The fourth-order valence-corrected chi connectivity index (χ4v) is 4.84. The summed E-state index contributed by atoms with van der Waals surface area (Å²) >= 11 is 24.3. The standard InChI is InChI=1S/C14H20Cl4/c15-5-11-1-9-2-13(7-17)14(8-18)4-10(9)3-12(11)6-16/h11-14H,1-8H2. The molecule has 2 aliphatic rings. The molecule has 0 saturated carbocycles. The zero-order valence-electron chi connectivity index (χ0n) is 10.5. The average Bonchev–Trinajstić information content (AvgIpc) is 2.43. The zero-order valence-corrected chi connectivity index (χ0v) is 13.5. The van der Waals surface area contributed by atoms with Crippen molar-refractivity contribution in [1.82, 2.24) is 0 Å². The molecule has 0 nitrogen and oxygen atoms in total. The van der Waals surface area contributed by atoms with Crippen LogP contribution in [0.1, 0.15) is 25.7 Å². The molecule has 4 atom stereocenters. The Kier molecular flexibility index (Phi) is 6.00. The first-order chi connectivity index (χ1) is 8.73. The molecule has 2 rings (SSSR count). The third-order valence-corrected chi connectivity index (χ3v) is 6.25. The van der Waals surface area contributed by atoms with E-state index in [0.29, 0.717) is 23.7 Å². The van der Waals surface area contributed by atoms with Gasteiger partial charge in [-0.1, -0.05) is 11.1 Å². The van der Waals surface area contributed by atoms with E-state index >= 15 is 0 Å². The number of hydrogen-bond acceptors (Lipinski definition) is 0. The van der Waals surface area contributed by atoms with Crippen LogP contribution in [0.5, 0.6) is 0 Å². The van der Waals surface area contributed by atoms with Crippen LogP contribution in [0, 0.1) is 23.7 Å². The van der Waals surface area contributed by atoms with Crippen LogP contribution in [0.25, 0.3) is 0 Å². The summed E-state index contributed by atoms with van der Waals surface area (Å²) in [6.07, 6.45) is 4.49. The molecule has 0 aromatic rings. The topological polar surface area (TPSA) is 0 Å². The van der Waals surface area contributed by atoms with Gasteiger partial charge in [0.25, 0.3) is 0 Å². The maximum Gasteiger partial charge on any atom is 0.0258 e. The van der Waals surface area contributed by atoms with Crippen molar-refractivity contribution in [3.8, 4) is 0 Å². The van der Waals surface area contributed by atoms with Crippen LogP contribution >= 0.6 is 46.4 Å². The molecule has 104 valence electrons. The van der Waals surface area contributed by atoms with E-state index in [0.717, 1.165) is 49.2 Å². The second-order valence-electron chi connectivity index (χ2n) is 5.68. The summed E-state index contributed by atoms with van der Waals surface area (Å²) in [6, 6.07) is 0. The van der Waals surface area contributed by atoms with E-state index in [-0.39, 0.29) is 0 Å². The van der Waals surface area contributed by atoms with Gasteiger partial charge < -0.3 is 0 Å². The predicted molar refractivity (Wildman–Crippen MR) is 82.3 cm³/mol. The monoisotopic (exact) mass is 328 g/mol. The van der Waals surface area contributed by atoms with Gasteiger partial charge in [-0.05, 0) is 49.4 Å². The summed E-state index contributed by atoms with van der Waals surface area (Å²) in [6.45, 7) is 0. The number of hydrogen-bond donors (Lipinski definition) is 0. The van der Waals surface area contributed by atoms with E-state index in [2.05, 4.69) is 0 Å². The Hall–Kier alpha value is 0.900. The van der Waals surface area contributed by atoms with Gasteiger partial charge in [-0.3, -0.25) is 0 Å². The van der Waals surface area contributed by atoms with Crippen LogP contribution < -0.4 is 0 Å². The lowest BCUT2D eigenvalue weighted by atomic mass is 9.68. The third-order valence-electron chi connectivity index (χ3n) is 4.66. The minimum absolute atomic E-state index is 0.548. The van der Waals surface area contributed by atoms with Crippen LogP contribution in [0.15, 0.2) is 11.1 Å². The van der Waals surface area contributed by atoms with E-state index in [1.807, 2.05) is 0 Å². The van der Waals surface area contributed by atoms with Gasteiger partial charge in [0.1, 0.15) is 0 Å². The van der Waals surface area contributed by atoms with Crippen molar-refractivity contribution >= 4 is 46.4 Å². The molecule has 0 aromatic heterocycles. The molecular formula is C14H20Cl4. The summed E-state index contributed by atoms with van der Waals surface area (Å²) in [5.74, 6) is 5.07. The molecular weight excluding hydrogens is 310 g/mol. The molecule has 0 spiro atoms. The molecule has 18 heavy (non-hydrogen) atoms. The highest BCUT2D eigenvalue weighted by Crippen LogP contribution is 2.46.